The topological polar surface area (TPSA) is 76.1 Å². The van der Waals surface area contributed by atoms with E-state index in [9.17, 15) is 14.7 Å². The molecule has 3 atom stereocenters. The summed E-state index contributed by atoms with van der Waals surface area (Å²) in [5.74, 6) is 0.632. The second kappa shape index (κ2) is 6.00. The highest BCUT2D eigenvalue weighted by Crippen LogP contribution is 2.50. The second-order valence-corrected chi connectivity index (χ2v) is 6.73. The monoisotopic (exact) mass is 331 g/mol. The maximum atomic E-state index is 12.8. The van der Waals surface area contributed by atoms with Crippen LogP contribution in [0.4, 0.5) is 0 Å². The number of piperidine rings is 1. The van der Waals surface area contributed by atoms with Crippen molar-refractivity contribution in [2.75, 3.05) is 19.8 Å². The zero-order valence-electron chi connectivity index (χ0n) is 13.4. The lowest BCUT2D eigenvalue weighted by atomic mass is 10.0. The van der Waals surface area contributed by atoms with Gasteiger partial charge in [0.1, 0.15) is 19.3 Å². The predicted molar refractivity (Wildman–Crippen MR) is 85.3 cm³/mol. The fraction of sp³-hybridized carbons (Fsp3) is 0.556. The first kappa shape index (κ1) is 15.3. The van der Waals surface area contributed by atoms with Gasteiger partial charge in [0.2, 0.25) is 5.91 Å². The maximum Gasteiger partial charge on any atom is 0.326 e. The van der Waals surface area contributed by atoms with E-state index in [1.807, 2.05) is 18.2 Å². The maximum absolute atomic E-state index is 12.8. The third-order valence-corrected chi connectivity index (χ3v) is 5.17. The minimum absolute atomic E-state index is 0.0120. The molecule has 0 spiro atoms. The van der Waals surface area contributed by atoms with E-state index in [1.165, 1.54) is 0 Å². The summed E-state index contributed by atoms with van der Waals surface area (Å²) < 4.78 is 11.1. The Kier molecular flexibility index (Phi) is 3.82. The smallest absolute Gasteiger partial charge is 0.326 e. The molecule has 0 unspecified atom stereocenters. The molecule has 2 fully saturated rings. The van der Waals surface area contributed by atoms with Gasteiger partial charge in [0.25, 0.3) is 0 Å². The van der Waals surface area contributed by atoms with Crippen molar-refractivity contribution in [2.24, 2.45) is 5.92 Å². The Morgan fingerprint density at radius 2 is 1.92 bits per heavy atom. The molecule has 0 radical (unpaired) electrons. The van der Waals surface area contributed by atoms with E-state index in [4.69, 9.17) is 9.47 Å². The van der Waals surface area contributed by atoms with Crippen molar-refractivity contribution in [3.05, 3.63) is 23.8 Å². The summed E-state index contributed by atoms with van der Waals surface area (Å²) in [6.45, 7) is 1.65. The van der Waals surface area contributed by atoms with Crippen LogP contribution in [0, 0.1) is 5.92 Å². The number of ether oxygens (including phenoxy) is 2. The van der Waals surface area contributed by atoms with Gasteiger partial charge < -0.3 is 19.5 Å². The van der Waals surface area contributed by atoms with Crippen molar-refractivity contribution < 1.29 is 24.2 Å². The molecule has 1 amide bonds. The van der Waals surface area contributed by atoms with Gasteiger partial charge in [-0.05, 0) is 49.3 Å². The molecule has 1 saturated carbocycles. The highest BCUT2D eigenvalue weighted by Gasteiger charge is 2.48. The van der Waals surface area contributed by atoms with Gasteiger partial charge in [-0.3, -0.25) is 4.79 Å². The Morgan fingerprint density at radius 3 is 2.71 bits per heavy atom. The summed E-state index contributed by atoms with van der Waals surface area (Å²) in [6.07, 6.45) is 3.09. The molecule has 6 heteroatoms. The van der Waals surface area contributed by atoms with Crippen molar-refractivity contribution >= 4 is 11.9 Å². The normalized spacial score (nSPS) is 28.3. The number of carbonyl (C=O) groups excluding carboxylic acids is 1. The van der Waals surface area contributed by atoms with Gasteiger partial charge in [-0.15, -0.1) is 0 Å². The number of nitrogens with zero attached hydrogens (tertiary/aromatic N) is 1. The molecule has 24 heavy (non-hydrogen) atoms. The molecule has 0 bridgehead atoms. The fourth-order valence-corrected chi connectivity index (χ4v) is 3.79. The van der Waals surface area contributed by atoms with E-state index >= 15 is 0 Å². The molecule has 1 saturated heterocycles. The molecular formula is C18H21NO5. The van der Waals surface area contributed by atoms with Crippen LogP contribution in [0.5, 0.6) is 11.5 Å². The Labute approximate surface area is 140 Å². The number of benzene rings is 1. The number of carboxylic acids is 1. The van der Waals surface area contributed by atoms with Crippen LogP contribution >= 0.6 is 0 Å². The molecule has 128 valence electrons. The van der Waals surface area contributed by atoms with Crippen molar-refractivity contribution in [1.29, 1.82) is 0 Å². The van der Waals surface area contributed by atoms with Gasteiger partial charge in [0.05, 0.1) is 0 Å². The zero-order valence-corrected chi connectivity index (χ0v) is 13.4. The number of aliphatic carboxylic acids is 1. The lowest BCUT2D eigenvalue weighted by Gasteiger charge is -2.33. The molecule has 4 rings (SSSR count). The lowest BCUT2D eigenvalue weighted by molar-refractivity contribution is -0.152. The van der Waals surface area contributed by atoms with E-state index < -0.39 is 12.0 Å². The Hall–Kier alpha value is -2.24. The molecule has 0 aromatic heterocycles. The molecule has 2 aliphatic heterocycles. The highest BCUT2D eigenvalue weighted by molar-refractivity contribution is 5.88. The predicted octanol–water partition coefficient (Wildman–Crippen LogP) is 2.03. The number of likely N-dealkylation sites (tertiary alicyclic amines) is 1. The van der Waals surface area contributed by atoms with Crippen molar-refractivity contribution in [3.8, 4) is 11.5 Å². The Morgan fingerprint density at radius 1 is 1.12 bits per heavy atom. The van der Waals surface area contributed by atoms with E-state index in [0.29, 0.717) is 26.2 Å². The van der Waals surface area contributed by atoms with Crippen LogP contribution in [-0.2, 0) is 9.59 Å². The van der Waals surface area contributed by atoms with Gasteiger partial charge in [0, 0.05) is 12.5 Å². The number of hydrogen-bond acceptors (Lipinski definition) is 4. The number of carbonyl (C=O) groups is 2. The fourth-order valence-electron chi connectivity index (χ4n) is 3.79. The number of hydrogen-bond donors (Lipinski definition) is 1. The molecule has 2 heterocycles. The average molecular weight is 331 g/mol. The van der Waals surface area contributed by atoms with Gasteiger partial charge in [-0.25, -0.2) is 4.79 Å². The van der Waals surface area contributed by atoms with Crippen LogP contribution in [0.15, 0.2) is 18.2 Å². The van der Waals surface area contributed by atoms with Gasteiger partial charge in [-0.1, -0.05) is 6.07 Å². The van der Waals surface area contributed by atoms with E-state index in [1.54, 1.807) is 4.90 Å². The number of rotatable bonds is 3. The minimum atomic E-state index is -0.889. The summed E-state index contributed by atoms with van der Waals surface area (Å²) in [6, 6.07) is 5.17. The Balaban J connectivity index is 1.47. The van der Waals surface area contributed by atoms with Crippen molar-refractivity contribution in [3.63, 3.8) is 0 Å². The molecule has 1 aliphatic carbocycles. The first-order valence-corrected chi connectivity index (χ1v) is 8.58. The van der Waals surface area contributed by atoms with Crippen LogP contribution in [0.2, 0.25) is 0 Å². The number of carboxylic acid groups (broad SMARTS) is 1. The number of fused-ring (bicyclic) bond motifs is 1. The molecule has 3 aliphatic rings. The first-order valence-electron chi connectivity index (χ1n) is 8.58. The molecule has 1 aromatic rings. The molecule has 1 N–H and O–H groups in total. The average Bonchev–Trinajstić information content (AvgIpc) is 3.41. The second-order valence-electron chi connectivity index (χ2n) is 6.73. The van der Waals surface area contributed by atoms with Crippen molar-refractivity contribution in [2.45, 2.75) is 37.6 Å². The molecule has 1 aromatic carbocycles. The highest BCUT2D eigenvalue weighted by atomic mass is 16.6. The standard InChI is InChI=1S/C18H21NO5/c20-17(19-6-2-1-3-14(19)18(21)22)13-10-12(13)11-4-5-15-16(9-11)24-8-7-23-15/h4-5,9,12-14H,1-3,6-8,10H2,(H,21,22)/t12-,13+,14-/m0/s1. The van der Waals surface area contributed by atoms with Crippen LogP contribution in [-0.4, -0.2) is 47.7 Å². The van der Waals surface area contributed by atoms with Gasteiger partial charge in [0.15, 0.2) is 11.5 Å². The third kappa shape index (κ3) is 2.70. The quantitative estimate of drug-likeness (QED) is 0.917. The van der Waals surface area contributed by atoms with Gasteiger partial charge in [-0.2, -0.15) is 0 Å². The summed E-state index contributed by atoms with van der Waals surface area (Å²) in [7, 11) is 0. The summed E-state index contributed by atoms with van der Waals surface area (Å²) in [5, 5.41) is 9.35. The molecule has 6 nitrogen and oxygen atoms in total. The summed E-state index contributed by atoms with van der Waals surface area (Å²) in [5.41, 5.74) is 1.07. The van der Waals surface area contributed by atoms with Gasteiger partial charge >= 0.3 is 5.97 Å². The summed E-state index contributed by atoms with van der Waals surface area (Å²) in [4.78, 5) is 25.7. The third-order valence-electron chi connectivity index (χ3n) is 5.17. The largest absolute Gasteiger partial charge is 0.486 e. The van der Waals surface area contributed by atoms with E-state index in [-0.39, 0.29) is 17.7 Å². The Bertz CT molecular complexity index is 673. The number of amides is 1. The van der Waals surface area contributed by atoms with Crippen LogP contribution < -0.4 is 9.47 Å². The lowest BCUT2D eigenvalue weighted by Crippen LogP contribution is -2.48. The van der Waals surface area contributed by atoms with E-state index in [0.717, 1.165) is 36.3 Å². The van der Waals surface area contributed by atoms with E-state index in [2.05, 4.69) is 0 Å². The van der Waals surface area contributed by atoms with Crippen molar-refractivity contribution in [1.82, 2.24) is 4.90 Å². The summed E-state index contributed by atoms with van der Waals surface area (Å²) >= 11 is 0. The zero-order chi connectivity index (χ0) is 16.7. The SMILES string of the molecule is O=C(O)[C@@H]1CCCCN1C(=O)[C@@H]1C[C@H]1c1ccc2c(c1)OCCO2. The minimum Gasteiger partial charge on any atom is -0.486 e. The van der Waals surface area contributed by atoms with Crippen LogP contribution in [0.25, 0.3) is 0 Å². The van der Waals surface area contributed by atoms with Crippen LogP contribution in [0.1, 0.15) is 37.2 Å². The first-order chi connectivity index (χ1) is 11.6. The molecular weight excluding hydrogens is 310 g/mol. The van der Waals surface area contributed by atoms with Crippen LogP contribution in [0.3, 0.4) is 0 Å².